The first kappa shape index (κ1) is 30.3. The molecule has 0 unspecified atom stereocenters. The highest BCUT2D eigenvalue weighted by Crippen LogP contribution is 2.23. The lowest BCUT2D eigenvalue weighted by molar-refractivity contribution is 0.0631. The predicted octanol–water partition coefficient (Wildman–Crippen LogP) is 3.92. The third kappa shape index (κ3) is 7.56. The van der Waals surface area contributed by atoms with Crippen molar-refractivity contribution in [2.45, 2.75) is 27.7 Å². The number of nitrogens with one attached hydrogen (secondary N) is 1. The fourth-order valence-corrected chi connectivity index (χ4v) is 4.35. The number of halogens is 1. The van der Waals surface area contributed by atoms with Gasteiger partial charge in [-0.3, -0.25) is 29.0 Å². The van der Waals surface area contributed by atoms with Gasteiger partial charge in [0.25, 0.3) is 23.6 Å². The Kier molecular flexibility index (Phi) is 12.6. The number of nitrogens with zero attached hydrogens (tertiary/aromatic N) is 3. The van der Waals surface area contributed by atoms with Gasteiger partial charge in [-0.15, -0.1) is 0 Å². The molecule has 2 aliphatic rings. The van der Waals surface area contributed by atoms with Crippen molar-refractivity contribution >= 4 is 39.6 Å². The third-order valence-electron chi connectivity index (χ3n) is 6.10. The molecule has 0 saturated carbocycles. The van der Waals surface area contributed by atoms with Crippen molar-refractivity contribution in [3.8, 4) is 0 Å². The second kappa shape index (κ2) is 15.4. The van der Waals surface area contributed by atoms with Gasteiger partial charge in [0, 0.05) is 25.0 Å². The van der Waals surface area contributed by atoms with E-state index in [0.29, 0.717) is 40.7 Å². The van der Waals surface area contributed by atoms with Crippen molar-refractivity contribution in [2.75, 3.05) is 51.1 Å². The zero-order valence-electron chi connectivity index (χ0n) is 22.1. The summed E-state index contributed by atoms with van der Waals surface area (Å²) in [6.45, 7) is 14.0. The van der Waals surface area contributed by atoms with Crippen LogP contribution in [0.3, 0.4) is 0 Å². The second-order valence-corrected chi connectivity index (χ2v) is 9.08. The van der Waals surface area contributed by atoms with Crippen LogP contribution in [0, 0.1) is 0 Å². The van der Waals surface area contributed by atoms with Crippen LogP contribution in [0.5, 0.6) is 0 Å². The first-order chi connectivity index (χ1) is 17.9. The molecule has 0 spiro atoms. The molecule has 0 fully saturated rings. The molecule has 0 saturated heterocycles. The number of likely N-dealkylation sites (N-methyl/N-ethyl adjacent to an activating group) is 1. The van der Waals surface area contributed by atoms with Gasteiger partial charge in [-0.25, -0.2) is 0 Å². The maximum atomic E-state index is 12.1. The number of carbonyl (C=O) groups is 4. The van der Waals surface area contributed by atoms with Crippen molar-refractivity contribution in [3.63, 3.8) is 0 Å². The van der Waals surface area contributed by atoms with E-state index in [2.05, 4.69) is 53.8 Å². The van der Waals surface area contributed by atoms with Gasteiger partial charge in [-0.2, -0.15) is 0 Å². The van der Waals surface area contributed by atoms with Crippen LogP contribution >= 0.6 is 15.9 Å². The first-order valence-electron chi connectivity index (χ1n) is 12.7. The molecule has 9 heteroatoms. The van der Waals surface area contributed by atoms with Gasteiger partial charge in [0.15, 0.2) is 0 Å². The van der Waals surface area contributed by atoms with E-state index < -0.39 is 0 Å². The molecule has 4 rings (SSSR count). The Morgan fingerprint density at radius 1 is 0.649 bits per heavy atom. The number of alkyl halides is 1. The summed E-state index contributed by atoms with van der Waals surface area (Å²) in [5.74, 6) is -0.708. The molecule has 200 valence electrons. The Hall–Kier alpha value is -2.88. The molecule has 0 bridgehead atoms. The Morgan fingerprint density at radius 3 is 1.27 bits per heavy atom. The summed E-state index contributed by atoms with van der Waals surface area (Å²) >= 11 is 3.21. The lowest BCUT2D eigenvalue weighted by atomic mass is 10.1. The first-order valence-corrected chi connectivity index (χ1v) is 13.9. The highest BCUT2D eigenvalue weighted by atomic mass is 79.9. The molecule has 0 atom stereocenters. The monoisotopic (exact) mass is 572 g/mol. The van der Waals surface area contributed by atoms with Gasteiger partial charge in [-0.1, -0.05) is 67.9 Å². The molecule has 37 heavy (non-hydrogen) atoms. The number of carbonyl (C=O) groups excluding carboxylic acids is 4. The molecular weight excluding hydrogens is 536 g/mol. The van der Waals surface area contributed by atoms with Crippen LogP contribution in [-0.2, 0) is 0 Å². The number of imide groups is 2. The van der Waals surface area contributed by atoms with E-state index in [1.165, 1.54) is 9.80 Å². The van der Waals surface area contributed by atoms with Crippen LogP contribution in [0.4, 0.5) is 0 Å². The predicted molar refractivity (Wildman–Crippen MR) is 149 cm³/mol. The minimum atomic E-state index is -0.190. The number of benzene rings is 2. The van der Waals surface area contributed by atoms with Crippen LogP contribution in [0.2, 0.25) is 0 Å². The Labute approximate surface area is 228 Å². The fraction of sp³-hybridized carbons (Fsp3) is 0.429. The minimum absolute atomic E-state index is 0.164. The van der Waals surface area contributed by atoms with E-state index in [-0.39, 0.29) is 23.6 Å². The van der Waals surface area contributed by atoms with Crippen LogP contribution in [0.15, 0.2) is 48.5 Å². The molecule has 2 aromatic rings. The summed E-state index contributed by atoms with van der Waals surface area (Å²) in [5.41, 5.74) is 2.08. The van der Waals surface area contributed by atoms with Crippen LogP contribution < -0.4 is 5.32 Å². The SMILES string of the molecule is CCN(CC)CCN1C(=O)c2ccccc2C1=O.CCNCC.O=C1c2ccccc2C(=O)N1CCBr. The largest absolute Gasteiger partial charge is 0.317 e. The lowest BCUT2D eigenvalue weighted by Crippen LogP contribution is -2.38. The second-order valence-electron chi connectivity index (χ2n) is 8.29. The van der Waals surface area contributed by atoms with E-state index >= 15 is 0 Å². The molecule has 2 aromatic carbocycles. The number of rotatable bonds is 9. The highest BCUT2D eigenvalue weighted by Gasteiger charge is 2.35. The summed E-state index contributed by atoms with van der Waals surface area (Å²) in [6, 6.07) is 13.9. The van der Waals surface area contributed by atoms with Gasteiger partial charge >= 0.3 is 0 Å². The molecule has 8 nitrogen and oxygen atoms in total. The molecule has 0 aromatic heterocycles. The zero-order valence-corrected chi connectivity index (χ0v) is 23.7. The van der Waals surface area contributed by atoms with Gasteiger partial charge in [0.1, 0.15) is 0 Å². The molecule has 1 N–H and O–H groups in total. The summed E-state index contributed by atoms with van der Waals surface area (Å²) in [5, 5.41) is 3.72. The molecule has 2 heterocycles. The maximum Gasteiger partial charge on any atom is 0.261 e. The number of hydrogen-bond acceptors (Lipinski definition) is 6. The van der Waals surface area contributed by atoms with E-state index in [0.717, 1.165) is 32.7 Å². The number of hydrogen-bond donors (Lipinski definition) is 1. The van der Waals surface area contributed by atoms with Crippen LogP contribution in [0.25, 0.3) is 0 Å². The Balaban J connectivity index is 0.000000225. The summed E-state index contributed by atoms with van der Waals surface area (Å²) < 4.78 is 0. The van der Waals surface area contributed by atoms with Gasteiger partial charge < -0.3 is 10.2 Å². The van der Waals surface area contributed by atoms with E-state index in [9.17, 15) is 19.2 Å². The average molecular weight is 574 g/mol. The molecule has 4 amide bonds. The van der Waals surface area contributed by atoms with E-state index in [4.69, 9.17) is 0 Å². The van der Waals surface area contributed by atoms with E-state index in [1.54, 1.807) is 48.5 Å². The molecule has 2 aliphatic heterocycles. The van der Waals surface area contributed by atoms with Crippen molar-refractivity contribution < 1.29 is 19.2 Å². The standard InChI is InChI=1S/C14H18N2O2.C10H8BrNO2.C4H11N/c1-3-15(4-2)9-10-16-13(17)11-7-5-6-8-12(11)14(16)18;11-5-6-12-9(13)7-3-1-2-4-8(7)10(12)14;1-3-5-4-2/h5-8H,3-4,9-10H2,1-2H3;1-4H,5-6H2;5H,3-4H2,1-2H3. The van der Waals surface area contributed by atoms with Gasteiger partial charge in [0.2, 0.25) is 0 Å². The normalized spacial score (nSPS) is 13.8. The van der Waals surface area contributed by atoms with Crippen molar-refractivity contribution in [3.05, 3.63) is 70.8 Å². The van der Waals surface area contributed by atoms with Crippen molar-refractivity contribution in [1.82, 2.24) is 20.0 Å². The Morgan fingerprint density at radius 2 is 1.00 bits per heavy atom. The summed E-state index contributed by atoms with van der Waals surface area (Å²) in [6.07, 6.45) is 0. The van der Waals surface area contributed by atoms with Crippen molar-refractivity contribution in [1.29, 1.82) is 0 Å². The van der Waals surface area contributed by atoms with Crippen molar-refractivity contribution in [2.24, 2.45) is 0 Å². The quantitative estimate of drug-likeness (QED) is 0.362. The Bertz CT molecular complexity index is 1020. The fourth-order valence-electron chi connectivity index (χ4n) is 4.00. The number of fused-ring (bicyclic) bond motifs is 2. The highest BCUT2D eigenvalue weighted by molar-refractivity contribution is 9.09. The van der Waals surface area contributed by atoms with Crippen LogP contribution in [-0.4, -0.2) is 89.5 Å². The summed E-state index contributed by atoms with van der Waals surface area (Å²) in [4.78, 5) is 52.3. The smallest absolute Gasteiger partial charge is 0.261 e. The summed E-state index contributed by atoms with van der Waals surface area (Å²) in [7, 11) is 0. The number of amides is 4. The maximum absolute atomic E-state index is 12.1. The minimum Gasteiger partial charge on any atom is -0.317 e. The van der Waals surface area contributed by atoms with Gasteiger partial charge in [-0.05, 0) is 50.4 Å². The van der Waals surface area contributed by atoms with Crippen LogP contribution in [0.1, 0.15) is 69.1 Å². The van der Waals surface area contributed by atoms with E-state index in [1.807, 2.05) is 0 Å². The zero-order chi connectivity index (χ0) is 27.4. The average Bonchev–Trinajstić information content (AvgIpc) is 3.31. The van der Waals surface area contributed by atoms with Gasteiger partial charge in [0.05, 0.1) is 22.3 Å². The lowest BCUT2D eigenvalue weighted by Gasteiger charge is -2.21. The molecule has 0 radical (unpaired) electrons. The molecular formula is C28H37BrN4O4. The topological polar surface area (TPSA) is 90.0 Å². The molecule has 0 aliphatic carbocycles. The third-order valence-corrected chi connectivity index (χ3v) is 6.45.